The van der Waals surface area contributed by atoms with Crippen molar-refractivity contribution in [2.24, 2.45) is 5.41 Å². The van der Waals surface area contributed by atoms with Crippen molar-refractivity contribution in [2.75, 3.05) is 34.1 Å². The number of rotatable bonds is 10. The van der Waals surface area contributed by atoms with Gasteiger partial charge in [0.1, 0.15) is 5.78 Å². The Bertz CT molecular complexity index is 1010. The van der Waals surface area contributed by atoms with E-state index in [1.165, 1.54) is 46.1 Å². The average molecular weight is 471 g/mol. The van der Waals surface area contributed by atoms with E-state index in [1.54, 1.807) is 22.8 Å². The zero-order chi connectivity index (χ0) is 23.4. The van der Waals surface area contributed by atoms with Crippen LogP contribution in [0.2, 0.25) is 0 Å². The lowest BCUT2D eigenvalue weighted by molar-refractivity contribution is -0.123. The number of methoxy groups -OCH3 is 2. The first-order valence-corrected chi connectivity index (χ1v) is 12.0. The van der Waals surface area contributed by atoms with Crippen LogP contribution in [0.4, 0.5) is 0 Å². The molecule has 0 atom stereocenters. The highest BCUT2D eigenvalue weighted by atomic mass is 32.2. The Kier molecular flexibility index (Phi) is 8.40. The van der Waals surface area contributed by atoms with Gasteiger partial charge in [-0.15, -0.1) is 10.2 Å². The maximum atomic E-state index is 12.5. The number of hydrogen-bond donors (Lipinski definition) is 0. The number of ether oxygens (including phenoxy) is 2. The fourth-order valence-electron chi connectivity index (χ4n) is 2.52. The summed E-state index contributed by atoms with van der Waals surface area (Å²) < 4.78 is 38.7. The minimum atomic E-state index is -3.61. The first kappa shape index (κ1) is 25.5. The van der Waals surface area contributed by atoms with Gasteiger partial charge in [0.15, 0.2) is 17.3 Å². The summed E-state index contributed by atoms with van der Waals surface area (Å²) in [6, 6.07) is 6.51. The maximum absolute atomic E-state index is 12.5. The molecule has 0 fully saturated rings. The Labute approximate surface area is 188 Å². The molecule has 0 saturated carbocycles. The molecule has 11 heteroatoms. The van der Waals surface area contributed by atoms with E-state index in [4.69, 9.17) is 9.47 Å². The van der Waals surface area contributed by atoms with Crippen molar-refractivity contribution in [3.05, 3.63) is 24.3 Å². The fourth-order valence-corrected chi connectivity index (χ4v) is 4.58. The minimum absolute atomic E-state index is 0.0858. The maximum Gasteiger partial charge on any atom is 0.242 e. The Morgan fingerprint density at radius 1 is 1.19 bits per heavy atom. The van der Waals surface area contributed by atoms with Gasteiger partial charge >= 0.3 is 0 Å². The summed E-state index contributed by atoms with van der Waals surface area (Å²) in [5.74, 6) is 0.782. The average Bonchev–Trinajstić information content (AvgIpc) is 3.11. The van der Waals surface area contributed by atoms with Gasteiger partial charge in [-0.25, -0.2) is 12.7 Å². The van der Waals surface area contributed by atoms with E-state index < -0.39 is 21.7 Å². The predicted molar refractivity (Wildman–Crippen MR) is 119 cm³/mol. The first-order chi connectivity index (χ1) is 14.4. The number of carbonyl (C=O) groups excluding carboxylic acids is 1. The number of ketones is 1. The lowest BCUT2D eigenvalue weighted by Gasteiger charge is -2.18. The molecule has 1 aromatic carbocycles. The second kappa shape index (κ2) is 10.2. The van der Waals surface area contributed by atoms with Crippen LogP contribution in [0.15, 0.2) is 34.3 Å². The van der Waals surface area contributed by atoms with E-state index in [0.717, 1.165) is 4.31 Å². The van der Waals surface area contributed by atoms with Gasteiger partial charge in [0.2, 0.25) is 10.0 Å². The van der Waals surface area contributed by atoms with Gasteiger partial charge < -0.3 is 9.47 Å². The van der Waals surface area contributed by atoms with Crippen LogP contribution in [-0.2, 0) is 30.8 Å². The second-order valence-electron chi connectivity index (χ2n) is 8.09. The van der Waals surface area contributed by atoms with Crippen LogP contribution in [0.5, 0.6) is 0 Å². The normalized spacial score (nSPS) is 12.7. The highest BCUT2D eigenvalue weighted by Gasteiger charge is 2.25. The number of Topliss-reactive ketones (excluding diaryl/α,β-unsaturated/α-hetero) is 1. The van der Waals surface area contributed by atoms with Crippen LogP contribution in [0, 0.1) is 5.41 Å². The van der Waals surface area contributed by atoms with Gasteiger partial charge in [-0.1, -0.05) is 44.7 Å². The molecule has 0 amide bonds. The molecular weight excluding hydrogens is 440 g/mol. The predicted octanol–water partition coefficient (Wildman–Crippen LogP) is 2.52. The lowest BCUT2D eigenvalue weighted by atomic mass is 9.92. The quantitative estimate of drug-likeness (QED) is 0.385. The van der Waals surface area contributed by atoms with Crippen molar-refractivity contribution in [1.82, 2.24) is 19.1 Å². The van der Waals surface area contributed by atoms with E-state index in [1.807, 2.05) is 20.8 Å². The minimum Gasteiger partial charge on any atom is -0.354 e. The molecule has 1 heterocycles. The fraction of sp³-hybridized carbons (Fsp3) is 0.550. The van der Waals surface area contributed by atoms with Gasteiger partial charge in [0.25, 0.3) is 0 Å². The largest absolute Gasteiger partial charge is 0.354 e. The number of thioether (sulfide) groups is 1. The SMILES string of the molecule is COC(Cn1c(SCC(=O)C(C)(C)C)nnc1-c1cccc(S(=O)(=O)N(C)C)c1)OC. The standard InChI is InChI=1S/C20H30N4O5S2/c1-20(2,3)16(25)13-30-19-22-21-18(24(19)12-17(28-6)29-7)14-9-8-10-15(11-14)31(26,27)23(4)5/h8-11,17H,12-13H2,1-7H3. The lowest BCUT2D eigenvalue weighted by Crippen LogP contribution is -2.24. The van der Waals surface area contributed by atoms with Crippen LogP contribution in [-0.4, -0.2) is 73.6 Å². The molecule has 0 spiro atoms. The van der Waals surface area contributed by atoms with Crippen molar-refractivity contribution in [2.45, 2.75) is 43.7 Å². The molecule has 2 aromatic rings. The molecule has 0 aliphatic heterocycles. The summed E-state index contributed by atoms with van der Waals surface area (Å²) >= 11 is 1.28. The Hall–Kier alpha value is -1.79. The Morgan fingerprint density at radius 2 is 1.84 bits per heavy atom. The zero-order valence-electron chi connectivity index (χ0n) is 18.9. The highest BCUT2D eigenvalue weighted by Crippen LogP contribution is 2.28. The van der Waals surface area contributed by atoms with Gasteiger partial charge in [-0.3, -0.25) is 9.36 Å². The number of aromatic nitrogens is 3. The van der Waals surface area contributed by atoms with E-state index in [0.29, 0.717) is 16.5 Å². The molecule has 0 unspecified atom stereocenters. The van der Waals surface area contributed by atoms with E-state index in [9.17, 15) is 13.2 Å². The third-order valence-corrected chi connectivity index (χ3v) is 7.39. The van der Waals surface area contributed by atoms with Gasteiger partial charge in [-0.2, -0.15) is 0 Å². The molecular formula is C20H30N4O5S2. The molecule has 9 nitrogen and oxygen atoms in total. The molecule has 0 aliphatic rings. The Morgan fingerprint density at radius 3 is 2.39 bits per heavy atom. The molecule has 1 aromatic heterocycles. The molecule has 0 aliphatic carbocycles. The van der Waals surface area contributed by atoms with Crippen LogP contribution in [0.25, 0.3) is 11.4 Å². The Balaban J connectivity index is 2.48. The van der Waals surface area contributed by atoms with Crippen molar-refractivity contribution < 1.29 is 22.7 Å². The van der Waals surface area contributed by atoms with Crippen LogP contribution in [0.1, 0.15) is 20.8 Å². The van der Waals surface area contributed by atoms with E-state index >= 15 is 0 Å². The van der Waals surface area contributed by atoms with Crippen molar-refractivity contribution in [3.8, 4) is 11.4 Å². The molecule has 2 rings (SSSR count). The van der Waals surface area contributed by atoms with Gasteiger partial charge in [0.05, 0.1) is 17.2 Å². The van der Waals surface area contributed by atoms with Crippen molar-refractivity contribution >= 4 is 27.6 Å². The number of nitrogens with zero attached hydrogens (tertiary/aromatic N) is 4. The third-order valence-electron chi connectivity index (χ3n) is 4.61. The van der Waals surface area contributed by atoms with Crippen molar-refractivity contribution in [3.63, 3.8) is 0 Å². The topological polar surface area (TPSA) is 104 Å². The number of carbonyl (C=O) groups is 1. The third kappa shape index (κ3) is 6.13. The first-order valence-electron chi connectivity index (χ1n) is 9.59. The smallest absolute Gasteiger partial charge is 0.242 e. The molecule has 0 N–H and O–H groups in total. The second-order valence-corrected chi connectivity index (χ2v) is 11.2. The van der Waals surface area contributed by atoms with Crippen LogP contribution in [0.3, 0.4) is 0 Å². The zero-order valence-corrected chi connectivity index (χ0v) is 20.6. The van der Waals surface area contributed by atoms with Crippen LogP contribution < -0.4 is 0 Å². The van der Waals surface area contributed by atoms with Gasteiger partial charge in [-0.05, 0) is 12.1 Å². The number of sulfonamides is 1. The monoisotopic (exact) mass is 470 g/mol. The molecule has 0 bridgehead atoms. The summed E-state index contributed by atoms with van der Waals surface area (Å²) in [7, 11) is 2.40. The molecule has 0 radical (unpaired) electrons. The van der Waals surface area contributed by atoms with Gasteiger partial charge in [0, 0.05) is 39.3 Å². The summed E-state index contributed by atoms with van der Waals surface area (Å²) in [6.07, 6.45) is -0.568. The van der Waals surface area contributed by atoms with Crippen molar-refractivity contribution in [1.29, 1.82) is 0 Å². The number of hydrogen-bond acceptors (Lipinski definition) is 8. The summed E-state index contributed by atoms with van der Waals surface area (Å²) in [5, 5.41) is 9.05. The highest BCUT2D eigenvalue weighted by molar-refractivity contribution is 7.99. The molecule has 172 valence electrons. The van der Waals surface area contributed by atoms with E-state index in [-0.39, 0.29) is 23.0 Å². The molecule has 0 saturated heterocycles. The number of benzene rings is 1. The molecule has 31 heavy (non-hydrogen) atoms. The summed E-state index contributed by atoms with van der Waals surface area (Å²) in [6.45, 7) is 5.88. The summed E-state index contributed by atoms with van der Waals surface area (Å²) in [5.41, 5.74) is 0.118. The summed E-state index contributed by atoms with van der Waals surface area (Å²) in [4.78, 5) is 12.5. The van der Waals surface area contributed by atoms with E-state index in [2.05, 4.69) is 10.2 Å². The van der Waals surface area contributed by atoms with Crippen LogP contribution >= 0.6 is 11.8 Å².